The van der Waals surface area contributed by atoms with Crippen molar-refractivity contribution in [2.24, 2.45) is 5.73 Å². The molecule has 5 heteroatoms. The Morgan fingerprint density at radius 3 is 2.61 bits per heavy atom. The predicted octanol–water partition coefficient (Wildman–Crippen LogP) is 1.43. The van der Waals surface area contributed by atoms with Crippen molar-refractivity contribution in [3.63, 3.8) is 0 Å². The topological polar surface area (TPSA) is 78.6 Å². The van der Waals surface area contributed by atoms with Crippen molar-refractivity contribution in [3.8, 4) is 0 Å². The van der Waals surface area contributed by atoms with Crippen molar-refractivity contribution in [1.82, 2.24) is 0 Å². The fraction of sp³-hybridized carbons (Fsp3) is 0.385. The Hall–Kier alpha value is -1.88. The zero-order valence-corrected chi connectivity index (χ0v) is 10.5. The van der Waals surface area contributed by atoms with Crippen molar-refractivity contribution in [2.75, 3.05) is 13.7 Å². The fourth-order valence-electron chi connectivity index (χ4n) is 1.63. The zero-order valence-electron chi connectivity index (χ0n) is 10.5. The number of methoxy groups -OCH3 is 1. The second-order valence-corrected chi connectivity index (χ2v) is 3.69. The molecule has 0 saturated heterocycles. The van der Waals surface area contributed by atoms with Crippen molar-refractivity contribution in [1.29, 1.82) is 0 Å². The largest absolute Gasteiger partial charge is 0.466 e. The SMILES string of the molecule is CCOC(=O)C[C@@H](N)c1ccccc1C(=O)OC. The first-order valence-electron chi connectivity index (χ1n) is 5.68. The Bertz CT molecular complexity index is 431. The molecule has 1 aromatic rings. The maximum absolute atomic E-state index is 11.6. The molecule has 18 heavy (non-hydrogen) atoms. The molecule has 0 fully saturated rings. The van der Waals surface area contributed by atoms with Gasteiger partial charge in [-0.05, 0) is 18.6 Å². The molecule has 0 unspecified atom stereocenters. The summed E-state index contributed by atoms with van der Waals surface area (Å²) in [5.74, 6) is -0.852. The lowest BCUT2D eigenvalue weighted by molar-refractivity contribution is -0.143. The summed E-state index contributed by atoms with van der Waals surface area (Å²) < 4.78 is 9.49. The Morgan fingerprint density at radius 2 is 2.00 bits per heavy atom. The minimum Gasteiger partial charge on any atom is -0.466 e. The first-order chi connectivity index (χ1) is 8.60. The number of esters is 2. The number of hydrogen-bond donors (Lipinski definition) is 1. The molecule has 0 radical (unpaired) electrons. The van der Waals surface area contributed by atoms with Gasteiger partial charge in [0.05, 0.1) is 25.7 Å². The van der Waals surface area contributed by atoms with Crippen LogP contribution in [0.1, 0.15) is 35.3 Å². The van der Waals surface area contributed by atoms with Crippen molar-refractivity contribution >= 4 is 11.9 Å². The molecule has 0 bridgehead atoms. The molecule has 2 N–H and O–H groups in total. The second-order valence-electron chi connectivity index (χ2n) is 3.69. The summed E-state index contributed by atoms with van der Waals surface area (Å²) >= 11 is 0. The van der Waals surface area contributed by atoms with Gasteiger partial charge in [0.1, 0.15) is 0 Å². The summed E-state index contributed by atoms with van der Waals surface area (Å²) in [5, 5.41) is 0. The number of benzene rings is 1. The van der Waals surface area contributed by atoms with Crippen molar-refractivity contribution in [3.05, 3.63) is 35.4 Å². The first kappa shape index (κ1) is 14.2. The van der Waals surface area contributed by atoms with Gasteiger partial charge in [0.15, 0.2) is 0 Å². The number of carbonyl (C=O) groups is 2. The van der Waals surface area contributed by atoms with Crippen LogP contribution in [0.25, 0.3) is 0 Å². The highest BCUT2D eigenvalue weighted by molar-refractivity contribution is 5.91. The molecule has 98 valence electrons. The Balaban J connectivity index is 2.88. The molecular weight excluding hydrogens is 234 g/mol. The van der Waals surface area contributed by atoms with E-state index in [1.165, 1.54) is 7.11 Å². The van der Waals surface area contributed by atoms with Crippen LogP contribution in [0.3, 0.4) is 0 Å². The first-order valence-corrected chi connectivity index (χ1v) is 5.68. The van der Waals surface area contributed by atoms with E-state index in [0.29, 0.717) is 17.7 Å². The molecule has 0 amide bonds. The van der Waals surface area contributed by atoms with Crippen LogP contribution in [-0.4, -0.2) is 25.7 Å². The number of carbonyl (C=O) groups excluding carboxylic acids is 2. The molecule has 1 atom stereocenters. The summed E-state index contributed by atoms with van der Waals surface area (Å²) in [6.45, 7) is 2.04. The second kappa shape index (κ2) is 6.76. The molecule has 0 aliphatic rings. The van der Waals surface area contributed by atoms with E-state index < -0.39 is 12.0 Å². The summed E-state index contributed by atoms with van der Waals surface area (Å²) in [7, 11) is 1.30. The fourth-order valence-corrected chi connectivity index (χ4v) is 1.63. The van der Waals surface area contributed by atoms with Gasteiger partial charge in [-0.3, -0.25) is 4.79 Å². The predicted molar refractivity (Wildman–Crippen MR) is 66.0 cm³/mol. The van der Waals surface area contributed by atoms with Gasteiger partial charge in [0.25, 0.3) is 0 Å². The van der Waals surface area contributed by atoms with E-state index in [0.717, 1.165) is 0 Å². The van der Waals surface area contributed by atoms with Gasteiger partial charge in [-0.25, -0.2) is 4.79 Å². The van der Waals surface area contributed by atoms with Gasteiger partial charge in [0.2, 0.25) is 0 Å². The van der Waals surface area contributed by atoms with Gasteiger partial charge in [-0.2, -0.15) is 0 Å². The lowest BCUT2D eigenvalue weighted by Gasteiger charge is -2.14. The average Bonchev–Trinajstić information content (AvgIpc) is 2.38. The molecule has 0 spiro atoms. The van der Waals surface area contributed by atoms with Crippen LogP contribution in [0.5, 0.6) is 0 Å². The highest BCUT2D eigenvalue weighted by Crippen LogP contribution is 2.20. The summed E-state index contributed by atoms with van der Waals surface area (Å²) in [4.78, 5) is 22.9. The third-order valence-electron chi connectivity index (χ3n) is 2.46. The molecule has 1 rings (SSSR count). The van der Waals surface area contributed by atoms with Crippen LogP contribution in [0.15, 0.2) is 24.3 Å². The molecule has 1 aromatic carbocycles. The van der Waals surface area contributed by atoms with E-state index in [1.807, 2.05) is 0 Å². The summed E-state index contributed by atoms with van der Waals surface area (Å²) in [6.07, 6.45) is 0.0296. The third-order valence-corrected chi connectivity index (χ3v) is 2.46. The summed E-state index contributed by atoms with van der Waals surface area (Å²) in [6, 6.07) is 6.21. The normalized spacial score (nSPS) is 11.7. The summed E-state index contributed by atoms with van der Waals surface area (Å²) in [5.41, 5.74) is 6.86. The average molecular weight is 251 g/mol. The van der Waals surface area contributed by atoms with Crippen molar-refractivity contribution in [2.45, 2.75) is 19.4 Å². The quantitative estimate of drug-likeness (QED) is 0.801. The molecular formula is C13H17NO4. The van der Waals surface area contributed by atoms with Gasteiger partial charge in [-0.15, -0.1) is 0 Å². The van der Waals surface area contributed by atoms with E-state index in [4.69, 9.17) is 10.5 Å². The number of ether oxygens (including phenoxy) is 2. The van der Waals surface area contributed by atoms with Crippen LogP contribution >= 0.6 is 0 Å². The number of hydrogen-bond acceptors (Lipinski definition) is 5. The van der Waals surface area contributed by atoms with E-state index in [2.05, 4.69) is 4.74 Å². The minimum absolute atomic E-state index is 0.0296. The zero-order chi connectivity index (χ0) is 13.5. The highest BCUT2D eigenvalue weighted by atomic mass is 16.5. The number of nitrogens with two attached hydrogens (primary N) is 1. The Kier molecular flexibility index (Phi) is 5.32. The maximum Gasteiger partial charge on any atom is 0.338 e. The lowest BCUT2D eigenvalue weighted by atomic mass is 9.99. The van der Waals surface area contributed by atoms with Crippen LogP contribution in [-0.2, 0) is 14.3 Å². The highest BCUT2D eigenvalue weighted by Gasteiger charge is 2.19. The van der Waals surface area contributed by atoms with E-state index in [1.54, 1.807) is 31.2 Å². The van der Waals surface area contributed by atoms with Crippen molar-refractivity contribution < 1.29 is 19.1 Å². The van der Waals surface area contributed by atoms with E-state index in [-0.39, 0.29) is 12.4 Å². The molecule has 5 nitrogen and oxygen atoms in total. The van der Waals surface area contributed by atoms with Gasteiger partial charge in [0, 0.05) is 6.04 Å². The smallest absolute Gasteiger partial charge is 0.338 e. The molecule has 0 aromatic heterocycles. The van der Waals surface area contributed by atoms with Gasteiger partial charge in [-0.1, -0.05) is 18.2 Å². The molecule has 0 aliphatic heterocycles. The van der Waals surface area contributed by atoms with Crippen LogP contribution in [0, 0.1) is 0 Å². The Labute approximate surface area is 106 Å². The third kappa shape index (κ3) is 3.56. The standard InChI is InChI=1S/C13H17NO4/c1-3-18-12(15)8-11(14)9-6-4-5-7-10(9)13(16)17-2/h4-7,11H,3,8,14H2,1-2H3/t11-/m1/s1. The van der Waals surface area contributed by atoms with E-state index >= 15 is 0 Å². The Morgan fingerprint density at radius 1 is 1.33 bits per heavy atom. The molecule has 0 saturated carbocycles. The van der Waals surface area contributed by atoms with Crippen LogP contribution < -0.4 is 5.73 Å². The number of rotatable bonds is 5. The minimum atomic E-state index is -0.584. The molecule has 0 aliphatic carbocycles. The lowest BCUT2D eigenvalue weighted by Crippen LogP contribution is -2.20. The molecule has 0 heterocycles. The monoisotopic (exact) mass is 251 g/mol. The van der Waals surface area contributed by atoms with Gasteiger partial charge < -0.3 is 15.2 Å². The maximum atomic E-state index is 11.6. The van der Waals surface area contributed by atoms with Crippen LogP contribution in [0.4, 0.5) is 0 Å². The van der Waals surface area contributed by atoms with E-state index in [9.17, 15) is 9.59 Å². The van der Waals surface area contributed by atoms with Crippen LogP contribution in [0.2, 0.25) is 0 Å². The van der Waals surface area contributed by atoms with Gasteiger partial charge >= 0.3 is 11.9 Å².